The third kappa shape index (κ3) is 5.08. The predicted octanol–water partition coefficient (Wildman–Crippen LogP) is 0.242. The Labute approximate surface area is 60.0 Å². The van der Waals surface area contributed by atoms with E-state index in [1.807, 2.05) is 6.92 Å². The summed E-state index contributed by atoms with van der Waals surface area (Å²) in [5.41, 5.74) is 0. The molecule has 0 rings (SSSR count). The third-order valence-corrected chi connectivity index (χ3v) is 0.825. The monoisotopic (exact) mass is 144 g/mol. The smallest absolute Gasteiger partial charge is 0.321 e. The molecule has 0 aromatic carbocycles. The van der Waals surface area contributed by atoms with Gasteiger partial charge < -0.3 is 5.32 Å². The number of rotatable bonds is 2. The van der Waals surface area contributed by atoms with Gasteiger partial charge in [-0.05, 0) is 6.42 Å². The van der Waals surface area contributed by atoms with Crippen LogP contribution in [0, 0.1) is 0 Å². The lowest BCUT2D eigenvalue weighted by atomic mass is 10.5. The fraction of sp³-hybridized carbons (Fsp3) is 0.667. The van der Waals surface area contributed by atoms with Crippen LogP contribution in [0.3, 0.4) is 0 Å². The minimum absolute atomic E-state index is 0.339. The van der Waals surface area contributed by atoms with Gasteiger partial charge >= 0.3 is 6.03 Å². The molecule has 0 fully saturated rings. The van der Waals surface area contributed by atoms with Crippen molar-refractivity contribution in [2.24, 2.45) is 0 Å². The van der Waals surface area contributed by atoms with E-state index in [1.165, 1.54) is 6.92 Å². The molecule has 0 saturated carbocycles. The highest BCUT2D eigenvalue weighted by Crippen LogP contribution is 1.70. The first-order chi connectivity index (χ1) is 4.66. The Hall–Kier alpha value is -1.06. The number of hydrogen-bond donors (Lipinski definition) is 2. The van der Waals surface area contributed by atoms with Gasteiger partial charge in [-0.3, -0.25) is 10.1 Å². The van der Waals surface area contributed by atoms with Crippen LogP contribution in [0.5, 0.6) is 0 Å². The lowest BCUT2D eigenvalue weighted by Crippen LogP contribution is -2.38. The average Bonchev–Trinajstić information content (AvgIpc) is 1.82. The van der Waals surface area contributed by atoms with Crippen molar-refractivity contribution in [1.29, 1.82) is 0 Å². The molecule has 2 N–H and O–H groups in total. The van der Waals surface area contributed by atoms with Crippen LogP contribution in [0.25, 0.3) is 0 Å². The summed E-state index contributed by atoms with van der Waals surface area (Å²) in [6.45, 7) is 3.83. The van der Waals surface area contributed by atoms with Gasteiger partial charge in [0.05, 0.1) is 0 Å². The number of urea groups is 1. The SMILES string of the molecule is CCCNC(=O)NC(C)=O. The molecule has 0 aromatic rings. The van der Waals surface area contributed by atoms with Gasteiger partial charge in [-0.2, -0.15) is 0 Å². The van der Waals surface area contributed by atoms with Crippen molar-refractivity contribution in [2.45, 2.75) is 20.3 Å². The van der Waals surface area contributed by atoms with Crippen molar-refractivity contribution in [3.8, 4) is 0 Å². The fourth-order valence-electron chi connectivity index (χ4n) is 0.443. The van der Waals surface area contributed by atoms with Crippen LogP contribution in [-0.4, -0.2) is 18.5 Å². The largest absolute Gasteiger partial charge is 0.338 e. The van der Waals surface area contributed by atoms with Gasteiger partial charge in [0.25, 0.3) is 0 Å². The first-order valence-corrected chi connectivity index (χ1v) is 3.22. The Morgan fingerprint density at radius 1 is 1.40 bits per heavy atom. The number of nitrogens with one attached hydrogen (secondary N) is 2. The zero-order valence-corrected chi connectivity index (χ0v) is 6.23. The minimum atomic E-state index is -0.422. The number of carbonyl (C=O) groups excluding carboxylic acids is 2. The first-order valence-electron chi connectivity index (χ1n) is 3.22. The Bertz CT molecular complexity index is 134. The number of hydrogen-bond acceptors (Lipinski definition) is 2. The summed E-state index contributed by atoms with van der Waals surface area (Å²) < 4.78 is 0. The van der Waals surface area contributed by atoms with Gasteiger partial charge in [0.1, 0.15) is 0 Å². The van der Waals surface area contributed by atoms with E-state index in [2.05, 4.69) is 10.6 Å². The van der Waals surface area contributed by atoms with E-state index in [1.54, 1.807) is 0 Å². The van der Waals surface area contributed by atoms with Crippen molar-refractivity contribution < 1.29 is 9.59 Å². The lowest BCUT2D eigenvalue weighted by Gasteiger charge is -2.01. The molecule has 58 valence electrons. The van der Waals surface area contributed by atoms with Crippen LogP contribution >= 0.6 is 0 Å². The summed E-state index contributed by atoms with van der Waals surface area (Å²) in [5, 5.41) is 4.58. The zero-order valence-electron chi connectivity index (χ0n) is 6.23. The van der Waals surface area contributed by atoms with Crippen molar-refractivity contribution in [2.75, 3.05) is 6.54 Å². The highest BCUT2D eigenvalue weighted by atomic mass is 16.2. The van der Waals surface area contributed by atoms with Crippen molar-refractivity contribution in [1.82, 2.24) is 10.6 Å². The molecule has 3 amide bonds. The van der Waals surface area contributed by atoms with Crippen molar-refractivity contribution in [3.05, 3.63) is 0 Å². The van der Waals surface area contributed by atoms with E-state index in [4.69, 9.17) is 0 Å². The number of imide groups is 1. The van der Waals surface area contributed by atoms with E-state index in [9.17, 15) is 9.59 Å². The van der Waals surface area contributed by atoms with Crippen LogP contribution in [0.15, 0.2) is 0 Å². The molecule has 0 aliphatic rings. The number of amides is 3. The second-order valence-electron chi connectivity index (χ2n) is 1.94. The molecule has 0 aliphatic carbocycles. The second-order valence-corrected chi connectivity index (χ2v) is 1.94. The average molecular weight is 144 g/mol. The molecular formula is C6H12N2O2. The summed E-state index contributed by atoms with van der Waals surface area (Å²) in [4.78, 5) is 20.8. The Balaban J connectivity index is 3.35. The van der Waals surface area contributed by atoms with Gasteiger partial charge in [0.15, 0.2) is 0 Å². The van der Waals surface area contributed by atoms with Gasteiger partial charge in [0, 0.05) is 13.5 Å². The minimum Gasteiger partial charge on any atom is -0.338 e. The molecular weight excluding hydrogens is 132 g/mol. The Morgan fingerprint density at radius 3 is 2.40 bits per heavy atom. The molecule has 0 aliphatic heterocycles. The topological polar surface area (TPSA) is 58.2 Å². The van der Waals surface area contributed by atoms with Gasteiger partial charge in [0.2, 0.25) is 5.91 Å². The normalized spacial score (nSPS) is 8.60. The highest BCUT2D eigenvalue weighted by Gasteiger charge is 1.98. The molecule has 0 unspecified atom stereocenters. The zero-order chi connectivity index (χ0) is 7.98. The summed E-state index contributed by atoms with van der Waals surface area (Å²) in [6, 6.07) is -0.422. The maximum Gasteiger partial charge on any atom is 0.321 e. The molecule has 4 nitrogen and oxygen atoms in total. The van der Waals surface area contributed by atoms with E-state index in [0.29, 0.717) is 6.54 Å². The van der Waals surface area contributed by atoms with Crippen LogP contribution in [0.4, 0.5) is 4.79 Å². The quantitative estimate of drug-likeness (QED) is 0.583. The van der Waals surface area contributed by atoms with Crippen molar-refractivity contribution in [3.63, 3.8) is 0 Å². The molecule has 0 heterocycles. The van der Waals surface area contributed by atoms with Gasteiger partial charge in [-0.15, -0.1) is 0 Å². The summed E-state index contributed by atoms with van der Waals surface area (Å²) in [7, 11) is 0. The standard InChI is InChI=1S/C6H12N2O2/c1-3-4-7-6(10)8-5(2)9/h3-4H2,1-2H3,(H2,7,8,9,10). The summed E-state index contributed by atoms with van der Waals surface area (Å²) >= 11 is 0. The summed E-state index contributed by atoms with van der Waals surface area (Å²) in [5.74, 6) is -0.339. The van der Waals surface area contributed by atoms with E-state index >= 15 is 0 Å². The van der Waals surface area contributed by atoms with Crippen LogP contribution in [-0.2, 0) is 4.79 Å². The molecule has 10 heavy (non-hydrogen) atoms. The second kappa shape index (κ2) is 4.78. The van der Waals surface area contributed by atoms with Gasteiger partial charge in [-0.25, -0.2) is 4.79 Å². The number of carbonyl (C=O) groups is 2. The molecule has 0 bridgehead atoms. The van der Waals surface area contributed by atoms with Crippen LogP contribution in [0.1, 0.15) is 20.3 Å². The van der Waals surface area contributed by atoms with E-state index in [-0.39, 0.29) is 5.91 Å². The van der Waals surface area contributed by atoms with E-state index < -0.39 is 6.03 Å². The highest BCUT2D eigenvalue weighted by molar-refractivity contribution is 5.92. The molecule has 4 heteroatoms. The van der Waals surface area contributed by atoms with Crippen LogP contribution < -0.4 is 10.6 Å². The molecule has 0 atom stereocenters. The third-order valence-electron chi connectivity index (χ3n) is 0.825. The maximum atomic E-state index is 10.6. The molecule has 0 radical (unpaired) electrons. The molecule has 0 aromatic heterocycles. The Morgan fingerprint density at radius 2 is 2.00 bits per heavy atom. The van der Waals surface area contributed by atoms with Crippen molar-refractivity contribution >= 4 is 11.9 Å². The van der Waals surface area contributed by atoms with Crippen LogP contribution in [0.2, 0.25) is 0 Å². The first kappa shape index (κ1) is 8.94. The predicted molar refractivity (Wildman–Crippen MR) is 37.5 cm³/mol. The van der Waals surface area contributed by atoms with Gasteiger partial charge in [-0.1, -0.05) is 6.92 Å². The summed E-state index contributed by atoms with van der Waals surface area (Å²) in [6.07, 6.45) is 0.866. The van der Waals surface area contributed by atoms with E-state index in [0.717, 1.165) is 6.42 Å². The maximum absolute atomic E-state index is 10.6. The lowest BCUT2D eigenvalue weighted by molar-refractivity contribution is -0.117. The Kier molecular flexibility index (Phi) is 4.28. The molecule has 0 saturated heterocycles. The molecule has 0 spiro atoms. The fourth-order valence-corrected chi connectivity index (χ4v) is 0.443.